The van der Waals surface area contributed by atoms with E-state index in [4.69, 9.17) is 0 Å². The van der Waals surface area contributed by atoms with Crippen molar-refractivity contribution in [1.29, 1.82) is 0 Å². The van der Waals surface area contributed by atoms with Crippen molar-refractivity contribution in [2.45, 2.75) is 13.0 Å². The van der Waals surface area contributed by atoms with Crippen LogP contribution < -0.4 is 5.56 Å². The van der Waals surface area contributed by atoms with E-state index in [9.17, 15) is 4.79 Å². The van der Waals surface area contributed by atoms with Crippen molar-refractivity contribution < 1.29 is 0 Å². The van der Waals surface area contributed by atoms with Crippen molar-refractivity contribution >= 4 is 22.9 Å². The minimum absolute atomic E-state index is 0.108. The number of hydrogen-bond donors (Lipinski definition) is 1. The molecule has 0 spiro atoms. The smallest absolute Gasteiger partial charge is 0.280 e. The quantitative estimate of drug-likeness (QED) is 0.697. The van der Waals surface area contributed by atoms with Crippen molar-refractivity contribution in [3.05, 3.63) is 21.6 Å². The van der Waals surface area contributed by atoms with Gasteiger partial charge < -0.3 is 4.90 Å². The van der Waals surface area contributed by atoms with Gasteiger partial charge in [-0.1, -0.05) is 0 Å². The Labute approximate surface area is 84.0 Å². The van der Waals surface area contributed by atoms with Gasteiger partial charge in [0, 0.05) is 25.2 Å². The summed E-state index contributed by atoms with van der Waals surface area (Å²) in [6, 6.07) is 0. The van der Waals surface area contributed by atoms with E-state index >= 15 is 0 Å². The first-order valence-corrected chi connectivity index (χ1v) is 4.82. The number of fused-ring (bicyclic) bond motifs is 1. The fourth-order valence-electron chi connectivity index (χ4n) is 1.51. The molecule has 4 nitrogen and oxygen atoms in total. The van der Waals surface area contributed by atoms with E-state index in [0.29, 0.717) is 0 Å². The molecule has 0 aliphatic carbocycles. The average molecular weight is 279 g/mol. The molecule has 1 aromatic rings. The lowest BCUT2D eigenvalue weighted by Gasteiger charge is -2.20. The number of H-pyrrole nitrogens is 1. The zero-order valence-electron chi connectivity index (χ0n) is 6.80. The van der Waals surface area contributed by atoms with Gasteiger partial charge in [0.2, 0.25) is 0 Å². The van der Waals surface area contributed by atoms with E-state index in [0.717, 1.165) is 30.8 Å². The second-order valence-electron chi connectivity index (χ2n) is 3.14. The van der Waals surface area contributed by atoms with E-state index < -0.39 is 0 Å². The lowest BCUT2D eigenvalue weighted by atomic mass is 10.1. The number of halogens is 1. The molecule has 0 atom stereocenters. The molecule has 0 amide bonds. The molecule has 0 radical (unpaired) electrons. The molecule has 0 unspecified atom stereocenters. The van der Waals surface area contributed by atoms with E-state index in [1.165, 1.54) is 2.90 Å². The fourth-order valence-corrected chi connectivity index (χ4v) is 2.09. The minimum Gasteiger partial charge on any atom is -0.301 e. The lowest BCUT2D eigenvalue weighted by molar-refractivity contribution is 0.311. The van der Waals surface area contributed by atoms with Gasteiger partial charge in [-0.2, -0.15) is 2.90 Å². The van der Waals surface area contributed by atoms with Gasteiger partial charge in [-0.3, -0.25) is 9.89 Å². The predicted molar refractivity (Wildman–Crippen MR) is 54.5 cm³/mol. The van der Waals surface area contributed by atoms with Crippen LogP contribution in [-0.2, 0) is 13.0 Å². The molecule has 0 aromatic carbocycles. The largest absolute Gasteiger partial charge is 0.301 e. The van der Waals surface area contributed by atoms with Crippen LogP contribution in [0.5, 0.6) is 0 Å². The van der Waals surface area contributed by atoms with Crippen LogP contribution in [0.4, 0.5) is 0 Å². The molecule has 66 valence electrons. The van der Waals surface area contributed by atoms with Crippen LogP contribution in [0, 0.1) is 0 Å². The van der Waals surface area contributed by atoms with Crippen molar-refractivity contribution in [2.24, 2.45) is 0 Å². The number of nitrogens with one attached hydrogen (secondary N) is 1. The molecule has 1 aliphatic rings. The van der Waals surface area contributed by atoms with Gasteiger partial charge in [0.15, 0.2) is 0 Å². The molecule has 2 heterocycles. The maximum absolute atomic E-state index is 11.5. The summed E-state index contributed by atoms with van der Waals surface area (Å²) in [6.45, 7) is 1.81. The Kier molecular flexibility index (Phi) is 1.99. The molecule has 1 N–H and O–H groups in total. The molecule has 2 rings (SSSR count). The molecule has 1 aromatic heterocycles. The molecule has 0 saturated heterocycles. The summed E-state index contributed by atoms with van der Waals surface area (Å²) >= 11 is 1.98. The molecular formula is C7H10IN3O. The normalized spacial score (nSPS) is 17.8. The number of nitrogens with zero attached hydrogens (tertiary/aromatic N) is 2. The van der Waals surface area contributed by atoms with E-state index in [1.54, 1.807) is 0 Å². The summed E-state index contributed by atoms with van der Waals surface area (Å²) < 4.78 is 1.53. The Balaban J connectivity index is 2.51. The highest BCUT2D eigenvalue weighted by Gasteiger charge is 2.19. The molecular weight excluding hydrogens is 269 g/mol. The number of rotatable bonds is 0. The van der Waals surface area contributed by atoms with Crippen LogP contribution in [0.15, 0.2) is 4.79 Å². The van der Waals surface area contributed by atoms with Crippen molar-refractivity contribution in [3.63, 3.8) is 0 Å². The van der Waals surface area contributed by atoms with Gasteiger partial charge in [-0.15, -0.1) is 0 Å². The van der Waals surface area contributed by atoms with E-state index in [2.05, 4.69) is 10.00 Å². The van der Waals surface area contributed by atoms with Crippen molar-refractivity contribution in [3.8, 4) is 0 Å². The number of hydrogen-bond acceptors (Lipinski definition) is 2. The highest BCUT2D eigenvalue weighted by Crippen LogP contribution is 2.12. The zero-order valence-corrected chi connectivity index (χ0v) is 8.96. The fraction of sp³-hybridized carbons (Fsp3) is 0.571. The summed E-state index contributed by atoms with van der Waals surface area (Å²) in [5, 5.41) is 3.05. The Morgan fingerprint density at radius 3 is 3.08 bits per heavy atom. The number of aromatic nitrogens is 2. The van der Waals surface area contributed by atoms with Crippen molar-refractivity contribution in [1.82, 2.24) is 12.9 Å². The predicted octanol–water partition coefficient (Wildman–Crippen LogP) is 0.362. The summed E-state index contributed by atoms with van der Waals surface area (Å²) in [7, 11) is 2.03. The van der Waals surface area contributed by atoms with Crippen LogP contribution in [0.3, 0.4) is 0 Å². The van der Waals surface area contributed by atoms with Gasteiger partial charge in [-0.25, -0.2) is 0 Å². The number of aromatic amines is 1. The maximum Gasteiger partial charge on any atom is 0.280 e. The topological polar surface area (TPSA) is 41.0 Å². The van der Waals surface area contributed by atoms with Gasteiger partial charge in [-0.05, 0) is 7.05 Å². The summed E-state index contributed by atoms with van der Waals surface area (Å²) in [5.41, 5.74) is 2.14. The molecule has 0 saturated carbocycles. The Morgan fingerprint density at radius 1 is 1.58 bits per heavy atom. The molecule has 5 heteroatoms. The maximum atomic E-state index is 11.5. The summed E-state index contributed by atoms with van der Waals surface area (Å²) in [5.74, 6) is 0. The summed E-state index contributed by atoms with van der Waals surface area (Å²) in [6.07, 6.45) is 0.955. The Bertz CT molecular complexity index is 354. The zero-order chi connectivity index (χ0) is 8.72. The lowest BCUT2D eigenvalue weighted by Crippen LogP contribution is -2.29. The third-order valence-corrected chi connectivity index (χ3v) is 2.88. The van der Waals surface area contributed by atoms with E-state index in [-0.39, 0.29) is 5.56 Å². The molecule has 12 heavy (non-hydrogen) atoms. The SMILES string of the molecule is CN1CCc2[nH]n(I)c(=O)c2C1. The Morgan fingerprint density at radius 2 is 2.33 bits per heavy atom. The minimum atomic E-state index is 0.108. The monoisotopic (exact) mass is 279 g/mol. The average Bonchev–Trinajstić information content (AvgIpc) is 2.31. The standard InChI is InChI=1S/C7H10IN3O/c1-10-3-2-6-5(4-10)7(12)11(8)9-6/h9H,2-4H2,1H3. The van der Waals surface area contributed by atoms with E-state index in [1.807, 2.05) is 29.9 Å². The summed E-state index contributed by atoms with van der Waals surface area (Å²) in [4.78, 5) is 13.6. The van der Waals surface area contributed by atoms with Gasteiger partial charge in [0.1, 0.15) is 0 Å². The van der Waals surface area contributed by atoms with Crippen LogP contribution in [0.1, 0.15) is 11.3 Å². The van der Waals surface area contributed by atoms with Crippen LogP contribution in [0.2, 0.25) is 0 Å². The second-order valence-corrected chi connectivity index (χ2v) is 4.11. The Hall–Kier alpha value is -0.300. The third kappa shape index (κ3) is 1.20. The second kappa shape index (κ2) is 2.88. The first-order valence-electron chi connectivity index (χ1n) is 3.86. The van der Waals surface area contributed by atoms with Gasteiger partial charge in [0.05, 0.1) is 28.4 Å². The first-order chi connectivity index (χ1) is 5.68. The van der Waals surface area contributed by atoms with Gasteiger partial charge >= 0.3 is 0 Å². The molecule has 1 aliphatic heterocycles. The van der Waals surface area contributed by atoms with Crippen molar-refractivity contribution in [2.75, 3.05) is 13.6 Å². The van der Waals surface area contributed by atoms with Gasteiger partial charge in [0.25, 0.3) is 5.56 Å². The first kappa shape index (κ1) is 8.31. The number of likely N-dealkylation sites (N-methyl/N-ethyl adjacent to an activating group) is 1. The van der Waals surface area contributed by atoms with Crippen LogP contribution >= 0.6 is 22.9 Å². The highest BCUT2D eigenvalue weighted by atomic mass is 127. The molecule has 0 fully saturated rings. The molecule has 0 bridgehead atoms. The third-order valence-electron chi connectivity index (χ3n) is 2.21. The van der Waals surface area contributed by atoms with Crippen LogP contribution in [0.25, 0.3) is 0 Å². The van der Waals surface area contributed by atoms with Crippen LogP contribution in [-0.4, -0.2) is 26.5 Å². The highest BCUT2D eigenvalue weighted by molar-refractivity contribution is 14.1.